The Bertz CT molecular complexity index is 3290. The van der Waals surface area contributed by atoms with Crippen LogP contribution in [0.3, 0.4) is 0 Å². The second-order valence-electron chi connectivity index (χ2n) is 16.7. The number of hydrogen-bond donors (Lipinski definition) is 0. The van der Waals surface area contributed by atoms with Gasteiger partial charge in [-0.15, -0.1) is 0 Å². The standard InChI is InChI=1S/C58H41NO/c1-57(39-17-5-3-6-18-39)49-26-13-10-22-46(49)56-50(57)27-16-28-52(56)59(41-33-31-38(32-34-41)43-24-15-30-54-55(43)47-23-11-14-29-53(47)60-54)42-35-36-45-44-21-9-12-25-48(44)58(2,51(45)37-42)40-19-7-4-8-20-40/h3-37H,1-2H3. The largest absolute Gasteiger partial charge is 0.456 e. The van der Waals surface area contributed by atoms with Crippen LogP contribution >= 0.6 is 0 Å². The fourth-order valence-electron chi connectivity index (χ4n) is 10.7. The fourth-order valence-corrected chi connectivity index (χ4v) is 10.7. The number of hydrogen-bond acceptors (Lipinski definition) is 2. The number of rotatable bonds is 6. The molecule has 0 saturated heterocycles. The van der Waals surface area contributed by atoms with Crippen molar-refractivity contribution in [2.75, 3.05) is 4.90 Å². The molecule has 2 aliphatic rings. The Balaban J connectivity index is 1.09. The van der Waals surface area contributed by atoms with Gasteiger partial charge in [0, 0.05) is 38.5 Å². The van der Waals surface area contributed by atoms with Gasteiger partial charge < -0.3 is 9.32 Å². The molecule has 1 aromatic heterocycles. The van der Waals surface area contributed by atoms with Gasteiger partial charge in [0.05, 0.1) is 5.69 Å². The SMILES string of the molecule is CC1(c2ccccc2)c2ccccc2-c2ccc(N(c3ccc(-c4cccc5oc6ccccc6c45)cc3)c3cccc4c3-c3ccccc3C4(C)c3ccccc3)cc21. The summed E-state index contributed by atoms with van der Waals surface area (Å²) in [6, 6.07) is 77.9. The molecule has 2 aliphatic carbocycles. The van der Waals surface area contributed by atoms with Crippen LogP contribution in [0.2, 0.25) is 0 Å². The molecule has 0 fully saturated rings. The number of para-hydroxylation sites is 1. The lowest BCUT2D eigenvalue weighted by atomic mass is 9.74. The Hall–Kier alpha value is -7.42. The van der Waals surface area contributed by atoms with E-state index in [9.17, 15) is 0 Å². The predicted octanol–water partition coefficient (Wildman–Crippen LogP) is 15.4. The minimum Gasteiger partial charge on any atom is -0.456 e. The minimum absolute atomic E-state index is 0.323. The van der Waals surface area contributed by atoms with Crippen LogP contribution in [0.15, 0.2) is 217 Å². The Morgan fingerprint density at radius 1 is 0.383 bits per heavy atom. The van der Waals surface area contributed by atoms with Crippen LogP contribution < -0.4 is 4.90 Å². The van der Waals surface area contributed by atoms with Crippen molar-refractivity contribution in [2.45, 2.75) is 24.7 Å². The summed E-state index contributed by atoms with van der Waals surface area (Å²) >= 11 is 0. The zero-order valence-corrected chi connectivity index (χ0v) is 33.6. The van der Waals surface area contributed by atoms with Crippen molar-refractivity contribution in [3.8, 4) is 33.4 Å². The normalized spacial score (nSPS) is 17.3. The molecule has 2 unspecified atom stereocenters. The molecule has 12 rings (SSSR count). The van der Waals surface area contributed by atoms with Crippen LogP contribution in [0.4, 0.5) is 17.1 Å². The molecule has 10 aromatic rings. The van der Waals surface area contributed by atoms with Crippen LogP contribution in [0, 0.1) is 0 Å². The molecule has 0 N–H and O–H groups in total. The third-order valence-corrected chi connectivity index (χ3v) is 13.7. The molecule has 2 heteroatoms. The first-order chi connectivity index (χ1) is 29.5. The zero-order chi connectivity index (χ0) is 40.0. The van der Waals surface area contributed by atoms with Crippen LogP contribution in [0.1, 0.15) is 47.2 Å². The lowest BCUT2D eigenvalue weighted by molar-refractivity contribution is 0.669. The second-order valence-corrected chi connectivity index (χ2v) is 16.7. The molecule has 0 amide bonds. The van der Waals surface area contributed by atoms with Crippen molar-refractivity contribution >= 4 is 39.0 Å². The van der Waals surface area contributed by atoms with Gasteiger partial charge in [-0.05, 0) is 118 Å². The van der Waals surface area contributed by atoms with E-state index in [1.807, 2.05) is 6.07 Å². The maximum Gasteiger partial charge on any atom is 0.136 e. The van der Waals surface area contributed by atoms with Gasteiger partial charge in [-0.2, -0.15) is 0 Å². The van der Waals surface area contributed by atoms with Crippen molar-refractivity contribution < 1.29 is 4.42 Å². The number of anilines is 3. The van der Waals surface area contributed by atoms with Gasteiger partial charge in [0.25, 0.3) is 0 Å². The summed E-state index contributed by atoms with van der Waals surface area (Å²) in [6.45, 7) is 4.80. The van der Waals surface area contributed by atoms with Gasteiger partial charge in [-0.1, -0.05) is 170 Å². The number of fused-ring (bicyclic) bond motifs is 9. The molecule has 0 spiro atoms. The van der Waals surface area contributed by atoms with Gasteiger partial charge >= 0.3 is 0 Å². The monoisotopic (exact) mass is 767 g/mol. The number of nitrogens with zero attached hydrogens (tertiary/aromatic N) is 1. The lowest BCUT2D eigenvalue weighted by Gasteiger charge is -2.32. The van der Waals surface area contributed by atoms with Crippen molar-refractivity contribution in [1.82, 2.24) is 0 Å². The summed E-state index contributed by atoms with van der Waals surface area (Å²) in [5.41, 5.74) is 19.9. The summed E-state index contributed by atoms with van der Waals surface area (Å²) < 4.78 is 6.31. The van der Waals surface area contributed by atoms with E-state index in [0.29, 0.717) is 0 Å². The highest BCUT2D eigenvalue weighted by Gasteiger charge is 2.44. The molecule has 2 nitrogen and oxygen atoms in total. The molecule has 1 heterocycles. The van der Waals surface area contributed by atoms with E-state index in [-0.39, 0.29) is 10.8 Å². The molecule has 284 valence electrons. The van der Waals surface area contributed by atoms with E-state index in [4.69, 9.17) is 4.42 Å². The molecule has 2 atom stereocenters. The molecule has 0 saturated carbocycles. The van der Waals surface area contributed by atoms with Gasteiger partial charge in [0.1, 0.15) is 11.2 Å². The van der Waals surface area contributed by atoms with E-state index >= 15 is 0 Å². The minimum atomic E-state index is -0.331. The summed E-state index contributed by atoms with van der Waals surface area (Å²) in [7, 11) is 0. The molecule has 0 bridgehead atoms. The average Bonchev–Trinajstić information content (AvgIpc) is 3.92. The van der Waals surface area contributed by atoms with Crippen LogP contribution in [0.5, 0.6) is 0 Å². The van der Waals surface area contributed by atoms with Crippen LogP contribution in [-0.2, 0) is 10.8 Å². The van der Waals surface area contributed by atoms with Gasteiger partial charge in [-0.3, -0.25) is 0 Å². The van der Waals surface area contributed by atoms with Crippen molar-refractivity contribution in [3.05, 3.63) is 246 Å². The van der Waals surface area contributed by atoms with E-state index < -0.39 is 0 Å². The third kappa shape index (κ3) is 4.82. The van der Waals surface area contributed by atoms with E-state index in [0.717, 1.165) is 50.1 Å². The first-order valence-corrected chi connectivity index (χ1v) is 20.9. The summed E-state index contributed by atoms with van der Waals surface area (Å²) in [5, 5.41) is 2.28. The van der Waals surface area contributed by atoms with Gasteiger partial charge in [-0.25, -0.2) is 0 Å². The Kier molecular flexibility index (Phi) is 7.52. The molecule has 9 aromatic carbocycles. The molecule has 0 aliphatic heterocycles. The van der Waals surface area contributed by atoms with Crippen molar-refractivity contribution in [3.63, 3.8) is 0 Å². The predicted molar refractivity (Wildman–Crippen MR) is 249 cm³/mol. The van der Waals surface area contributed by atoms with Crippen LogP contribution in [0.25, 0.3) is 55.3 Å². The van der Waals surface area contributed by atoms with Crippen molar-refractivity contribution in [2.24, 2.45) is 0 Å². The van der Waals surface area contributed by atoms with E-state index in [2.05, 4.69) is 225 Å². The third-order valence-electron chi connectivity index (χ3n) is 13.7. The zero-order valence-electron chi connectivity index (χ0n) is 33.6. The lowest BCUT2D eigenvalue weighted by Crippen LogP contribution is -2.23. The highest BCUT2D eigenvalue weighted by Crippen LogP contribution is 2.58. The number of benzene rings is 9. The van der Waals surface area contributed by atoms with E-state index in [1.54, 1.807) is 0 Å². The van der Waals surface area contributed by atoms with E-state index in [1.165, 1.54) is 55.6 Å². The molecular formula is C58H41NO. The average molecular weight is 768 g/mol. The maximum atomic E-state index is 6.31. The van der Waals surface area contributed by atoms with Gasteiger partial charge in [0.15, 0.2) is 0 Å². The molecule has 0 radical (unpaired) electrons. The fraction of sp³-hybridized carbons (Fsp3) is 0.0690. The Morgan fingerprint density at radius 3 is 1.67 bits per heavy atom. The number of furan rings is 1. The van der Waals surface area contributed by atoms with Crippen LogP contribution in [-0.4, -0.2) is 0 Å². The highest BCUT2D eigenvalue weighted by atomic mass is 16.3. The first-order valence-electron chi connectivity index (χ1n) is 20.9. The maximum absolute atomic E-state index is 6.31. The summed E-state index contributed by atoms with van der Waals surface area (Å²) in [6.07, 6.45) is 0. The quantitative estimate of drug-likeness (QED) is 0.168. The topological polar surface area (TPSA) is 16.4 Å². The smallest absolute Gasteiger partial charge is 0.136 e. The second kappa shape index (κ2) is 13.0. The molecular weight excluding hydrogens is 727 g/mol. The Morgan fingerprint density at radius 2 is 0.917 bits per heavy atom. The first kappa shape index (κ1) is 34.6. The van der Waals surface area contributed by atoms with Crippen molar-refractivity contribution in [1.29, 1.82) is 0 Å². The summed E-state index contributed by atoms with van der Waals surface area (Å²) in [4.78, 5) is 2.50. The summed E-state index contributed by atoms with van der Waals surface area (Å²) in [5.74, 6) is 0. The highest BCUT2D eigenvalue weighted by molar-refractivity contribution is 6.12. The Labute approximate surface area is 350 Å². The van der Waals surface area contributed by atoms with Gasteiger partial charge in [0.2, 0.25) is 0 Å². The molecule has 60 heavy (non-hydrogen) atoms.